The fraction of sp³-hybridized carbons (Fsp3) is 0.238. The molecule has 0 aliphatic carbocycles. The lowest BCUT2D eigenvalue weighted by Crippen LogP contribution is -2.29. The lowest BCUT2D eigenvalue weighted by atomic mass is 10.1. The van der Waals surface area contributed by atoms with E-state index in [9.17, 15) is 18.0 Å². The molecule has 3 rings (SSSR count). The number of nitrogens with one attached hydrogen (secondary N) is 1. The molecule has 2 N–H and O–H groups in total. The zero-order valence-electron chi connectivity index (χ0n) is 16.7. The van der Waals surface area contributed by atoms with Crippen LogP contribution < -0.4 is 9.46 Å². The van der Waals surface area contributed by atoms with Gasteiger partial charge in [-0.15, -0.1) is 0 Å². The summed E-state index contributed by atoms with van der Waals surface area (Å²) in [6.07, 6.45) is 3.96. The van der Waals surface area contributed by atoms with Gasteiger partial charge in [0.25, 0.3) is 15.9 Å². The molecule has 0 aromatic heterocycles. The van der Waals surface area contributed by atoms with Crippen LogP contribution in [-0.2, 0) is 14.8 Å². The molecule has 0 bridgehead atoms. The molecule has 1 fully saturated rings. The molecule has 0 atom stereocenters. The predicted octanol–water partition coefficient (Wildman–Crippen LogP) is 3.48. The highest BCUT2D eigenvalue weighted by molar-refractivity contribution is 7.92. The minimum Gasteiger partial charge on any atom is -0.495 e. The first-order valence-corrected chi connectivity index (χ1v) is 11.3. The van der Waals surface area contributed by atoms with Crippen LogP contribution in [0.1, 0.15) is 28.8 Å². The van der Waals surface area contributed by atoms with Gasteiger partial charge in [-0.25, -0.2) is 13.2 Å². The predicted molar refractivity (Wildman–Crippen MR) is 117 cm³/mol. The summed E-state index contributed by atoms with van der Waals surface area (Å²) < 4.78 is 34.0. The van der Waals surface area contributed by atoms with Crippen molar-refractivity contribution in [1.82, 2.24) is 4.90 Å². The molecule has 2 aromatic rings. The molecule has 8 nitrogen and oxygen atoms in total. The normalized spacial score (nSPS) is 14.1. The van der Waals surface area contributed by atoms with E-state index in [1.807, 2.05) is 0 Å². The molecular formula is C21H21ClN2O6S. The second-order valence-corrected chi connectivity index (χ2v) is 8.96. The minimum absolute atomic E-state index is 0.0536. The molecule has 1 aliphatic rings. The topological polar surface area (TPSA) is 113 Å². The summed E-state index contributed by atoms with van der Waals surface area (Å²) in [5.74, 6) is -1.38. The van der Waals surface area contributed by atoms with Gasteiger partial charge in [0.1, 0.15) is 10.6 Å². The van der Waals surface area contributed by atoms with E-state index >= 15 is 0 Å². The van der Waals surface area contributed by atoms with Crippen molar-refractivity contribution in [2.75, 3.05) is 24.9 Å². The van der Waals surface area contributed by atoms with Crippen LogP contribution in [0.3, 0.4) is 0 Å². The molecule has 1 heterocycles. The lowest BCUT2D eigenvalue weighted by Gasteiger charge is -2.19. The Morgan fingerprint density at radius 1 is 1.16 bits per heavy atom. The highest BCUT2D eigenvalue weighted by atomic mass is 35.5. The van der Waals surface area contributed by atoms with E-state index in [0.29, 0.717) is 18.7 Å². The Morgan fingerprint density at radius 3 is 2.52 bits per heavy atom. The number of anilines is 1. The number of nitrogens with zero attached hydrogens (tertiary/aromatic N) is 1. The fourth-order valence-electron chi connectivity index (χ4n) is 3.25. The van der Waals surface area contributed by atoms with Crippen molar-refractivity contribution in [3.05, 3.63) is 58.6 Å². The Balaban J connectivity index is 2.00. The van der Waals surface area contributed by atoms with Gasteiger partial charge in [-0.2, -0.15) is 0 Å². The molecule has 0 radical (unpaired) electrons. The highest BCUT2D eigenvalue weighted by Crippen LogP contribution is 2.30. The summed E-state index contributed by atoms with van der Waals surface area (Å²) >= 11 is 6.06. The van der Waals surface area contributed by atoms with E-state index in [0.717, 1.165) is 18.9 Å². The molecule has 0 saturated carbocycles. The molecule has 2 aromatic carbocycles. The molecule has 0 unspecified atom stereocenters. The summed E-state index contributed by atoms with van der Waals surface area (Å²) in [4.78, 5) is 25.1. The van der Waals surface area contributed by atoms with Crippen molar-refractivity contribution in [1.29, 1.82) is 0 Å². The Kier molecular flexibility index (Phi) is 6.87. The average molecular weight is 465 g/mol. The first kappa shape index (κ1) is 22.6. The van der Waals surface area contributed by atoms with Gasteiger partial charge in [-0.3, -0.25) is 9.52 Å². The molecule has 164 valence electrons. The summed E-state index contributed by atoms with van der Waals surface area (Å²) in [5, 5.41) is 9.07. The van der Waals surface area contributed by atoms with Crippen molar-refractivity contribution in [2.24, 2.45) is 0 Å². The van der Waals surface area contributed by atoms with Crippen molar-refractivity contribution < 1.29 is 27.9 Å². The lowest BCUT2D eigenvalue weighted by molar-refractivity contribution is -0.131. The van der Waals surface area contributed by atoms with Gasteiger partial charge in [0.2, 0.25) is 0 Å². The van der Waals surface area contributed by atoms with Gasteiger partial charge in [-0.05, 0) is 54.8 Å². The second kappa shape index (κ2) is 9.40. The van der Waals surface area contributed by atoms with Crippen LogP contribution in [0.4, 0.5) is 5.69 Å². The zero-order chi connectivity index (χ0) is 22.6. The van der Waals surface area contributed by atoms with E-state index < -0.39 is 16.0 Å². The third kappa shape index (κ3) is 5.36. The van der Waals surface area contributed by atoms with Crippen molar-refractivity contribution in [2.45, 2.75) is 17.7 Å². The standard InChI is InChI=1S/C21H21ClN2O6S/c1-30-18-8-4-14(5-9-20(25)26)12-19(18)31(28,29)23-17-13-15(22)6-7-16(17)21(27)24-10-2-3-11-24/h4-9,12-13,23H,2-3,10-11H2,1H3,(H,25,26)/b9-5+. The molecule has 1 amide bonds. The van der Waals surface area contributed by atoms with E-state index in [1.165, 1.54) is 49.6 Å². The number of carboxylic acid groups (broad SMARTS) is 1. The fourth-order valence-corrected chi connectivity index (χ4v) is 4.70. The molecular weight excluding hydrogens is 444 g/mol. The van der Waals surface area contributed by atoms with Crippen molar-refractivity contribution >= 4 is 45.3 Å². The Morgan fingerprint density at radius 2 is 1.87 bits per heavy atom. The first-order chi connectivity index (χ1) is 14.7. The van der Waals surface area contributed by atoms with Gasteiger partial charge in [-0.1, -0.05) is 17.7 Å². The number of carbonyl (C=O) groups is 2. The van der Waals surface area contributed by atoms with Crippen LogP contribution in [0, 0.1) is 0 Å². The van der Waals surface area contributed by atoms with Crippen molar-refractivity contribution in [3.8, 4) is 5.75 Å². The molecule has 0 spiro atoms. The number of hydrogen-bond donors (Lipinski definition) is 2. The Hall–Kier alpha value is -3.04. The Bertz CT molecular complexity index is 1140. The van der Waals surface area contributed by atoms with Gasteiger partial charge in [0.05, 0.1) is 18.4 Å². The van der Waals surface area contributed by atoms with E-state index in [-0.39, 0.29) is 32.8 Å². The molecule has 1 aliphatic heterocycles. The number of likely N-dealkylation sites (tertiary alicyclic amines) is 1. The van der Waals surface area contributed by atoms with Crippen LogP contribution in [0.5, 0.6) is 5.75 Å². The quantitative estimate of drug-likeness (QED) is 0.606. The number of halogens is 1. The number of rotatable bonds is 7. The van der Waals surface area contributed by atoms with Crippen molar-refractivity contribution in [3.63, 3.8) is 0 Å². The van der Waals surface area contributed by atoms with Crippen LogP contribution in [0.2, 0.25) is 5.02 Å². The summed E-state index contributed by atoms with van der Waals surface area (Å²) in [5.41, 5.74) is 0.594. The summed E-state index contributed by atoms with van der Waals surface area (Å²) in [6.45, 7) is 1.22. The number of ether oxygens (including phenoxy) is 1. The number of amides is 1. The van der Waals surface area contributed by atoms with E-state index in [4.69, 9.17) is 21.4 Å². The van der Waals surface area contributed by atoms with Gasteiger partial charge in [0, 0.05) is 24.2 Å². The van der Waals surface area contributed by atoms with Gasteiger partial charge < -0.3 is 14.7 Å². The monoisotopic (exact) mass is 464 g/mol. The Labute approximate surface area is 185 Å². The second-order valence-electron chi connectivity index (χ2n) is 6.88. The molecule has 10 heteroatoms. The number of carbonyl (C=O) groups excluding carboxylic acids is 1. The maximum atomic E-state index is 13.2. The number of hydrogen-bond acceptors (Lipinski definition) is 5. The smallest absolute Gasteiger partial charge is 0.328 e. The van der Waals surface area contributed by atoms with E-state index in [1.54, 1.807) is 4.90 Å². The molecule has 1 saturated heterocycles. The third-order valence-corrected chi connectivity index (χ3v) is 6.37. The van der Waals surface area contributed by atoms with Crippen LogP contribution in [0.15, 0.2) is 47.4 Å². The molecule has 31 heavy (non-hydrogen) atoms. The zero-order valence-corrected chi connectivity index (χ0v) is 18.2. The SMILES string of the molecule is COc1ccc(/C=C/C(=O)O)cc1S(=O)(=O)Nc1cc(Cl)ccc1C(=O)N1CCCC1. The number of carboxylic acids is 1. The number of benzene rings is 2. The van der Waals surface area contributed by atoms with Crippen LogP contribution >= 0.6 is 11.6 Å². The number of aliphatic carboxylic acids is 1. The van der Waals surface area contributed by atoms with E-state index in [2.05, 4.69) is 4.72 Å². The first-order valence-electron chi connectivity index (χ1n) is 9.42. The van der Waals surface area contributed by atoms with Crippen LogP contribution in [0.25, 0.3) is 6.08 Å². The number of methoxy groups -OCH3 is 1. The third-order valence-electron chi connectivity index (χ3n) is 4.75. The van der Waals surface area contributed by atoms with Crippen LogP contribution in [-0.4, -0.2) is 50.5 Å². The number of sulfonamides is 1. The summed E-state index contributed by atoms with van der Waals surface area (Å²) in [7, 11) is -2.88. The maximum Gasteiger partial charge on any atom is 0.328 e. The minimum atomic E-state index is -4.20. The average Bonchev–Trinajstić information content (AvgIpc) is 3.26. The van der Waals surface area contributed by atoms with Gasteiger partial charge in [0.15, 0.2) is 0 Å². The highest BCUT2D eigenvalue weighted by Gasteiger charge is 2.26. The van der Waals surface area contributed by atoms with Gasteiger partial charge >= 0.3 is 5.97 Å². The largest absolute Gasteiger partial charge is 0.495 e. The maximum absolute atomic E-state index is 13.2. The summed E-state index contributed by atoms with van der Waals surface area (Å²) in [6, 6.07) is 8.63.